The number of hydrogen-bond donors (Lipinski definition) is 3. The van der Waals surface area contributed by atoms with Crippen molar-refractivity contribution in [1.29, 1.82) is 0 Å². The van der Waals surface area contributed by atoms with E-state index >= 15 is 0 Å². The molecule has 0 atom stereocenters. The summed E-state index contributed by atoms with van der Waals surface area (Å²) < 4.78 is 5.11. The van der Waals surface area contributed by atoms with Gasteiger partial charge in [-0.05, 0) is 72.7 Å². The van der Waals surface area contributed by atoms with E-state index in [-0.39, 0.29) is 23.3 Å². The van der Waals surface area contributed by atoms with Gasteiger partial charge < -0.3 is 20.7 Å². The molecule has 7 heteroatoms. The smallest absolute Gasteiger partial charge is 0.255 e. The second-order valence-electron chi connectivity index (χ2n) is 6.88. The predicted molar refractivity (Wildman–Crippen MR) is 127 cm³/mol. The molecule has 0 fully saturated rings. The lowest BCUT2D eigenvalue weighted by Gasteiger charge is -2.13. The molecule has 31 heavy (non-hydrogen) atoms. The van der Waals surface area contributed by atoms with E-state index in [2.05, 4.69) is 16.0 Å². The number of thiocarbonyl (C=S) groups is 1. The highest BCUT2D eigenvalue weighted by atomic mass is 32.1. The molecule has 2 amide bonds. The second kappa shape index (κ2) is 10.4. The molecule has 0 bridgehead atoms. The topological polar surface area (TPSA) is 79.5 Å². The first kappa shape index (κ1) is 22.0. The number of nitrogens with one attached hydrogen (secondary N) is 3. The first-order valence-electron chi connectivity index (χ1n) is 9.65. The highest BCUT2D eigenvalue weighted by Crippen LogP contribution is 2.20. The van der Waals surface area contributed by atoms with Crippen LogP contribution < -0.4 is 20.7 Å². The zero-order chi connectivity index (χ0) is 22.2. The molecule has 3 aromatic carbocycles. The van der Waals surface area contributed by atoms with E-state index < -0.39 is 0 Å². The summed E-state index contributed by atoms with van der Waals surface area (Å²) in [7, 11) is 1.59. The summed E-state index contributed by atoms with van der Waals surface area (Å²) in [6.07, 6.45) is 0.204. The lowest BCUT2D eigenvalue weighted by Crippen LogP contribution is -2.35. The third kappa shape index (κ3) is 6.38. The molecule has 0 unspecified atom stereocenters. The highest BCUT2D eigenvalue weighted by molar-refractivity contribution is 7.80. The second-order valence-corrected chi connectivity index (χ2v) is 7.29. The third-order valence-corrected chi connectivity index (χ3v) is 4.75. The SMILES string of the molecule is COc1ccc(CC(=O)NC(=S)Nc2ccc(NC(=O)c3ccccc3)c(C)c2)cc1. The quantitative estimate of drug-likeness (QED) is 0.505. The Balaban J connectivity index is 1.54. The monoisotopic (exact) mass is 433 g/mol. The molecule has 0 aliphatic rings. The Bertz CT molecular complexity index is 1080. The molecule has 3 aromatic rings. The molecule has 3 rings (SSSR count). The summed E-state index contributed by atoms with van der Waals surface area (Å²) in [6, 6.07) is 21.7. The molecular formula is C24H23N3O3S. The van der Waals surface area contributed by atoms with Gasteiger partial charge in [-0.2, -0.15) is 0 Å². The number of ether oxygens (including phenoxy) is 1. The van der Waals surface area contributed by atoms with Crippen LogP contribution in [0.4, 0.5) is 11.4 Å². The molecule has 6 nitrogen and oxygen atoms in total. The summed E-state index contributed by atoms with van der Waals surface area (Å²) in [5.74, 6) is 0.344. The van der Waals surface area contributed by atoms with Crippen LogP contribution in [0.1, 0.15) is 21.5 Å². The van der Waals surface area contributed by atoms with Crippen LogP contribution in [0, 0.1) is 6.92 Å². The van der Waals surface area contributed by atoms with Gasteiger partial charge in [0.15, 0.2) is 5.11 Å². The van der Waals surface area contributed by atoms with Crippen LogP contribution in [-0.2, 0) is 11.2 Å². The summed E-state index contributed by atoms with van der Waals surface area (Å²) in [4.78, 5) is 24.6. The van der Waals surface area contributed by atoms with Crippen molar-refractivity contribution in [2.24, 2.45) is 0 Å². The largest absolute Gasteiger partial charge is 0.497 e. The van der Waals surface area contributed by atoms with Crippen molar-refractivity contribution in [2.75, 3.05) is 17.7 Å². The number of carbonyl (C=O) groups excluding carboxylic acids is 2. The minimum Gasteiger partial charge on any atom is -0.497 e. The van der Waals surface area contributed by atoms with Crippen LogP contribution in [0.25, 0.3) is 0 Å². The van der Waals surface area contributed by atoms with E-state index in [9.17, 15) is 9.59 Å². The number of rotatable bonds is 6. The van der Waals surface area contributed by atoms with Gasteiger partial charge in [-0.25, -0.2) is 0 Å². The molecular weight excluding hydrogens is 410 g/mol. The van der Waals surface area contributed by atoms with Gasteiger partial charge in [-0.3, -0.25) is 9.59 Å². The van der Waals surface area contributed by atoms with E-state index in [1.807, 2.05) is 43.3 Å². The fourth-order valence-electron chi connectivity index (χ4n) is 2.93. The van der Waals surface area contributed by atoms with Crippen molar-refractivity contribution >= 4 is 40.5 Å². The van der Waals surface area contributed by atoms with Crippen molar-refractivity contribution in [1.82, 2.24) is 5.32 Å². The Kier molecular flexibility index (Phi) is 7.35. The average molecular weight is 434 g/mol. The number of hydrogen-bond acceptors (Lipinski definition) is 4. The lowest BCUT2D eigenvalue weighted by molar-refractivity contribution is -0.119. The van der Waals surface area contributed by atoms with Crippen LogP contribution >= 0.6 is 12.2 Å². The maximum Gasteiger partial charge on any atom is 0.255 e. The molecule has 0 saturated heterocycles. The Morgan fingerprint density at radius 1 is 0.935 bits per heavy atom. The van der Waals surface area contributed by atoms with Gasteiger partial charge in [-0.15, -0.1) is 0 Å². The predicted octanol–water partition coefficient (Wildman–Crippen LogP) is 4.31. The van der Waals surface area contributed by atoms with Gasteiger partial charge in [0, 0.05) is 16.9 Å². The number of methoxy groups -OCH3 is 1. The van der Waals surface area contributed by atoms with Crippen LogP contribution in [0.2, 0.25) is 0 Å². The third-order valence-electron chi connectivity index (χ3n) is 4.55. The minimum atomic E-state index is -0.217. The van der Waals surface area contributed by atoms with Crippen molar-refractivity contribution in [2.45, 2.75) is 13.3 Å². The highest BCUT2D eigenvalue weighted by Gasteiger charge is 2.10. The van der Waals surface area contributed by atoms with Crippen LogP contribution in [-0.4, -0.2) is 24.0 Å². The van der Waals surface area contributed by atoms with Gasteiger partial charge in [0.1, 0.15) is 5.75 Å². The van der Waals surface area contributed by atoms with Gasteiger partial charge in [0.25, 0.3) is 5.91 Å². The van der Waals surface area contributed by atoms with E-state index in [0.29, 0.717) is 16.9 Å². The Labute approximate surface area is 186 Å². The first-order valence-corrected chi connectivity index (χ1v) is 10.1. The van der Waals surface area contributed by atoms with Crippen molar-refractivity contribution < 1.29 is 14.3 Å². The van der Waals surface area contributed by atoms with Crippen LogP contribution in [0.5, 0.6) is 5.75 Å². The normalized spacial score (nSPS) is 10.1. The van der Waals surface area contributed by atoms with Crippen molar-refractivity contribution in [3.05, 3.63) is 89.5 Å². The average Bonchev–Trinajstić information content (AvgIpc) is 2.76. The van der Waals surface area contributed by atoms with Gasteiger partial charge >= 0.3 is 0 Å². The fourth-order valence-corrected chi connectivity index (χ4v) is 3.16. The minimum absolute atomic E-state index is 0.175. The number of carbonyl (C=O) groups is 2. The maximum absolute atomic E-state index is 12.3. The molecule has 0 radical (unpaired) electrons. The standard InChI is InChI=1S/C24H23N3O3S/c1-16-14-19(10-13-21(16)26-23(29)18-6-4-3-5-7-18)25-24(31)27-22(28)15-17-8-11-20(30-2)12-9-17/h3-14H,15H2,1-2H3,(H,26,29)(H2,25,27,28,31). The summed E-state index contributed by atoms with van der Waals surface area (Å²) in [5.41, 5.74) is 3.72. The molecule has 0 aliphatic carbocycles. The molecule has 0 heterocycles. The molecule has 3 N–H and O–H groups in total. The lowest BCUT2D eigenvalue weighted by atomic mass is 10.1. The molecule has 158 valence electrons. The molecule has 0 aromatic heterocycles. The van der Waals surface area contributed by atoms with E-state index in [4.69, 9.17) is 17.0 Å². The van der Waals surface area contributed by atoms with E-state index in [1.54, 1.807) is 43.5 Å². The summed E-state index contributed by atoms with van der Waals surface area (Å²) in [5, 5.41) is 8.77. The number of benzene rings is 3. The van der Waals surface area contributed by atoms with Crippen molar-refractivity contribution in [3.63, 3.8) is 0 Å². The summed E-state index contributed by atoms with van der Waals surface area (Å²) in [6.45, 7) is 1.89. The van der Waals surface area contributed by atoms with Gasteiger partial charge in [0.05, 0.1) is 13.5 Å². The molecule has 0 aliphatic heterocycles. The van der Waals surface area contributed by atoms with Crippen LogP contribution in [0.3, 0.4) is 0 Å². The summed E-state index contributed by atoms with van der Waals surface area (Å²) >= 11 is 5.25. The zero-order valence-corrected chi connectivity index (χ0v) is 18.1. The Morgan fingerprint density at radius 3 is 2.29 bits per heavy atom. The number of amides is 2. The van der Waals surface area contributed by atoms with E-state index in [1.165, 1.54) is 0 Å². The molecule has 0 spiro atoms. The number of aryl methyl sites for hydroxylation is 1. The van der Waals surface area contributed by atoms with Crippen molar-refractivity contribution in [3.8, 4) is 5.75 Å². The van der Waals surface area contributed by atoms with Gasteiger partial charge in [0.2, 0.25) is 5.91 Å². The molecule has 0 saturated carbocycles. The fraction of sp³-hybridized carbons (Fsp3) is 0.125. The maximum atomic E-state index is 12.3. The van der Waals surface area contributed by atoms with Crippen LogP contribution in [0.15, 0.2) is 72.8 Å². The first-order chi connectivity index (χ1) is 14.9. The van der Waals surface area contributed by atoms with Gasteiger partial charge in [-0.1, -0.05) is 30.3 Å². The Hall–Kier alpha value is -3.71. The number of anilines is 2. The Morgan fingerprint density at radius 2 is 1.65 bits per heavy atom. The van der Waals surface area contributed by atoms with E-state index in [0.717, 1.165) is 16.9 Å². The zero-order valence-electron chi connectivity index (χ0n) is 17.3.